The average molecular weight is 375 g/mol. The van der Waals surface area contributed by atoms with Gasteiger partial charge in [0, 0.05) is 19.0 Å². The van der Waals surface area contributed by atoms with Gasteiger partial charge in [0.1, 0.15) is 17.0 Å². The first kappa shape index (κ1) is 19.0. The zero-order valence-corrected chi connectivity index (χ0v) is 15.7. The zero-order chi connectivity index (χ0) is 19.4. The summed E-state index contributed by atoms with van der Waals surface area (Å²) in [5.74, 6) is 0.561. The summed E-state index contributed by atoms with van der Waals surface area (Å²) in [5.41, 5.74) is -0.287. The van der Waals surface area contributed by atoms with E-state index in [1.807, 2.05) is 0 Å². The van der Waals surface area contributed by atoms with Gasteiger partial charge in [0.2, 0.25) is 5.91 Å². The van der Waals surface area contributed by atoms with Crippen molar-refractivity contribution in [1.29, 1.82) is 0 Å². The second-order valence-electron chi connectivity index (χ2n) is 6.89. The third-order valence-corrected chi connectivity index (χ3v) is 5.20. The first-order valence-corrected chi connectivity index (χ1v) is 9.15. The smallest absolute Gasteiger partial charge is 0.325 e. The number of ether oxygens (including phenoxy) is 2. The molecule has 0 radical (unpaired) electrons. The molecule has 1 saturated carbocycles. The van der Waals surface area contributed by atoms with Gasteiger partial charge in [-0.25, -0.2) is 4.79 Å². The first-order valence-electron chi connectivity index (χ1n) is 9.15. The molecule has 4 amide bonds. The molecule has 0 unspecified atom stereocenters. The van der Waals surface area contributed by atoms with Gasteiger partial charge in [-0.1, -0.05) is 19.3 Å². The quantitative estimate of drug-likeness (QED) is 0.744. The molecule has 8 nitrogen and oxygen atoms in total. The Bertz CT molecular complexity index is 743. The Hall–Kier alpha value is -2.77. The van der Waals surface area contributed by atoms with E-state index in [-0.39, 0.29) is 24.8 Å². The summed E-state index contributed by atoms with van der Waals surface area (Å²) < 4.78 is 10.4. The third-order valence-electron chi connectivity index (χ3n) is 5.20. The normalized spacial score (nSPS) is 18.4. The number of hydrogen-bond donors (Lipinski definition) is 2. The Morgan fingerprint density at radius 1 is 1.19 bits per heavy atom. The highest BCUT2D eigenvalue weighted by atomic mass is 16.5. The maximum atomic E-state index is 12.7. The van der Waals surface area contributed by atoms with Gasteiger partial charge in [-0.2, -0.15) is 0 Å². The summed E-state index contributed by atoms with van der Waals surface area (Å²) in [6.07, 6.45) is 4.28. The number of hydrogen-bond acceptors (Lipinski definition) is 5. The molecule has 1 spiro atoms. The Morgan fingerprint density at radius 3 is 2.59 bits per heavy atom. The Kier molecular flexibility index (Phi) is 5.53. The third kappa shape index (κ3) is 3.84. The molecule has 27 heavy (non-hydrogen) atoms. The Morgan fingerprint density at radius 2 is 1.93 bits per heavy atom. The topological polar surface area (TPSA) is 97.0 Å². The molecule has 0 atom stereocenters. The second kappa shape index (κ2) is 7.85. The monoisotopic (exact) mass is 375 g/mol. The van der Waals surface area contributed by atoms with Crippen molar-refractivity contribution < 1.29 is 23.9 Å². The van der Waals surface area contributed by atoms with E-state index in [1.165, 1.54) is 14.2 Å². The van der Waals surface area contributed by atoms with Crippen molar-refractivity contribution >= 4 is 23.5 Å². The molecule has 3 rings (SSSR count). The fourth-order valence-electron chi connectivity index (χ4n) is 3.71. The summed E-state index contributed by atoms with van der Waals surface area (Å²) in [6.45, 7) is 0.0462. The summed E-state index contributed by atoms with van der Waals surface area (Å²) >= 11 is 0. The van der Waals surface area contributed by atoms with E-state index in [0.717, 1.165) is 24.2 Å². The van der Waals surface area contributed by atoms with Crippen LogP contribution in [0.3, 0.4) is 0 Å². The molecular weight excluding hydrogens is 350 g/mol. The molecular formula is C19H25N3O5. The molecule has 0 bridgehead atoms. The van der Waals surface area contributed by atoms with Crippen LogP contribution in [0.4, 0.5) is 10.5 Å². The van der Waals surface area contributed by atoms with Crippen molar-refractivity contribution in [2.45, 2.75) is 44.1 Å². The van der Waals surface area contributed by atoms with Crippen molar-refractivity contribution in [2.75, 3.05) is 26.1 Å². The van der Waals surface area contributed by atoms with Crippen LogP contribution in [-0.4, -0.2) is 49.0 Å². The highest BCUT2D eigenvalue weighted by molar-refractivity contribution is 6.07. The SMILES string of the molecule is COc1ccc(OC)c(NC(=O)CCN2C(=O)NC3(CCCCC3)C2=O)c1. The van der Waals surface area contributed by atoms with E-state index in [4.69, 9.17) is 9.47 Å². The van der Waals surface area contributed by atoms with Gasteiger partial charge in [0.15, 0.2) is 0 Å². The summed E-state index contributed by atoms with van der Waals surface area (Å²) in [7, 11) is 3.04. The highest BCUT2D eigenvalue weighted by Gasteiger charge is 2.51. The molecule has 0 aromatic heterocycles. The fourth-order valence-corrected chi connectivity index (χ4v) is 3.71. The Labute approximate surface area is 158 Å². The number of urea groups is 1. The maximum Gasteiger partial charge on any atom is 0.325 e. The minimum atomic E-state index is -0.762. The lowest BCUT2D eigenvalue weighted by Crippen LogP contribution is -2.48. The van der Waals surface area contributed by atoms with Crippen molar-refractivity contribution in [3.63, 3.8) is 0 Å². The van der Waals surface area contributed by atoms with Gasteiger partial charge in [-0.05, 0) is 25.0 Å². The molecule has 8 heteroatoms. The minimum absolute atomic E-state index is 0.00953. The minimum Gasteiger partial charge on any atom is -0.497 e. The van der Waals surface area contributed by atoms with E-state index in [0.29, 0.717) is 30.0 Å². The van der Waals surface area contributed by atoms with E-state index in [2.05, 4.69) is 10.6 Å². The number of nitrogens with one attached hydrogen (secondary N) is 2. The maximum absolute atomic E-state index is 12.7. The van der Waals surface area contributed by atoms with E-state index >= 15 is 0 Å². The van der Waals surface area contributed by atoms with E-state index < -0.39 is 11.6 Å². The largest absolute Gasteiger partial charge is 0.497 e. The number of rotatable bonds is 6. The van der Waals surface area contributed by atoms with Gasteiger partial charge >= 0.3 is 6.03 Å². The number of carbonyl (C=O) groups excluding carboxylic acids is 3. The molecule has 1 aromatic rings. The average Bonchev–Trinajstić information content (AvgIpc) is 2.90. The predicted molar refractivity (Wildman–Crippen MR) is 98.9 cm³/mol. The molecule has 1 aliphatic carbocycles. The van der Waals surface area contributed by atoms with Gasteiger partial charge in [0.25, 0.3) is 5.91 Å². The van der Waals surface area contributed by atoms with Gasteiger partial charge in [-0.15, -0.1) is 0 Å². The van der Waals surface area contributed by atoms with Crippen LogP contribution >= 0.6 is 0 Å². The van der Waals surface area contributed by atoms with Crippen LogP contribution in [0.2, 0.25) is 0 Å². The lowest BCUT2D eigenvalue weighted by Gasteiger charge is -2.30. The number of carbonyl (C=O) groups is 3. The van der Waals surface area contributed by atoms with Crippen LogP contribution in [0, 0.1) is 0 Å². The molecule has 2 N–H and O–H groups in total. The van der Waals surface area contributed by atoms with Crippen LogP contribution in [0.15, 0.2) is 18.2 Å². The lowest BCUT2D eigenvalue weighted by atomic mass is 9.82. The zero-order valence-electron chi connectivity index (χ0n) is 15.7. The predicted octanol–water partition coefficient (Wildman–Crippen LogP) is 2.29. The summed E-state index contributed by atoms with van der Waals surface area (Å²) in [6, 6.07) is 4.67. The lowest BCUT2D eigenvalue weighted by molar-refractivity contribution is -0.132. The summed E-state index contributed by atoms with van der Waals surface area (Å²) in [4.78, 5) is 38.5. The number of nitrogens with zero attached hydrogens (tertiary/aromatic N) is 1. The Balaban J connectivity index is 1.61. The number of anilines is 1. The van der Waals surface area contributed by atoms with Crippen molar-refractivity contribution in [1.82, 2.24) is 10.2 Å². The van der Waals surface area contributed by atoms with Crippen LogP contribution in [0.5, 0.6) is 11.5 Å². The highest BCUT2D eigenvalue weighted by Crippen LogP contribution is 2.34. The van der Waals surface area contributed by atoms with Crippen LogP contribution in [0.25, 0.3) is 0 Å². The molecule has 1 saturated heterocycles. The van der Waals surface area contributed by atoms with Crippen LogP contribution in [-0.2, 0) is 9.59 Å². The standard InChI is InChI=1S/C19H25N3O5/c1-26-13-6-7-15(27-2)14(12-13)20-16(23)8-11-22-17(24)19(21-18(22)25)9-4-3-5-10-19/h6-7,12H,3-5,8-11H2,1-2H3,(H,20,23)(H,21,25). The van der Waals surface area contributed by atoms with Crippen molar-refractivity contribution in [3.05, 3.63) is 18.2 Å². The number of imide groups is 1. The van der Waals surface area contributed by atoms with Gasteiger partial charge < -0.3 is 20.1 Å². The number of methoxy groups -OCH3 is 2. The van der Waals surface area contributed by atoms with Crippen LogP contribution in [0.1, 0.15) is 38.5 Å². The number of amides is 4. The first-order chi connectivity index (χ1) is 13.0. The van der Waals surface area contributed by atoms with Gasteiger partial charge in [-0.3, -0.25) is 14.5 Å². The summed E-state index contributed by atoms with van der Waals surface area (Å²) in [5, 5.41) is 5.59. The van der Waals surface area contributed by atoms with Crippen molar-refractivity contribution in [3.8, 4) is 11.5 Å². The molecule has 2 fully saturated rings. The second-order valence-corrected chi connectivity index (χ2v) is 6.89. The van der Waals surface area contributed by atoms with E-state index in [9.17, 15) is 14.4 Å². The molecule has 1 aliphatic heterocycles. The van der Waals surface area contributed by atoms with Crippen molar-refractivity contribution in [2.24, 2.45) is 0 Å². The fraction of sp³-hybridized carbons (Fsp3) is 0.526. The molecule has 2 aliphatic rings. The number of benzene rings is 1. The van der Waals surface area contributed by atoms with E-state index in [1.54, 1.807) is 18.2 Å². The van der Waals surface area contributed by atoms with Crippen LogP contribution < -0.4 is 20.1 Å². The molecule has 146 valence electrons. The van der Waals surface area contributed by atoms with Gasteiger partial charge in [0.05, 0.1) is 19.9 Å². The molecule has 1 aromatic carbocycles. The molecule has 1 heterocycles.